The number of anilines is 4. The van der Waals surface area contributed by atoms with E-state index in [1.54, 1.807) is 23.6 Å². The molecule has 2 N–H and O–H groups in total. The maximum atomic E-state index is 15.1. The zero-order chi connectivity index (χ0) is 56.2. The van der Waals surface area contributed by atoms with Gasteiger partial charge in [0.2, 0.25) is 11.7 Å². The van der Waals surface area contributed by atoms with Crippen LogP contribution in [0.25, 0.3) is 33.5 Å². The van der Waals surface area contributed by atoms with Crippen molar-refractivity contribution in [3.63, 3.8) is 0 Å². The molecule has 4 saturated carbocycles. The van der Waals surface area contributed by atoms with E-state index in [1.807, 2.05) is 63.5 Å². The molecule has 0 spiro atoms. The number of aromatic nitrogens is 8. The van der Waals surface area contributed by atoms with E-state index in [-0.39, 0.29) is 46.8 Å². The molecule has 17 nitrogen and oxygen atoms in total. The Bertz CT molecular complexity index is 3660. The Morgan fingerprint density at radius 2 is 1.35 bits per heavy atom. The Morgan fingerprint density at radius 1 is 0.725 bits per heavy atom. The minimum Gasteiger partial charge on any atom is -0.435 e. The SMILES string of the molecule is CC.CCc1nc2cc(-c3cc(NC(=O)c4cnc(C5(C(F)F)CC5)o4)c(F)cc3C)cc(N3CCOCC3)n2n1.Cc1nc2c(N3CCOCC3)cc(-c3cc(NC(=O)c4cc(C56CC(C5)C6)ncc4F)c(F)cc3C)cn2n1. The molecule has 6 aliphatic rings. The topological polar surface area (TPSA) is 182 Å². The fourth-order valence-corrected chi connectivity index (χ4v) is 11.1. The van der Waals surface area contributed by atoms with Crippen LogP contribution in [0.4, 0.5) is 44.8 Å². The number of aryl methyl sites for hydroxylation is 4. The fourth-order valence-electron chi connectivity index (χ4n) is 11.1. The summed E-state index contributed by atoms with van der Waals surface area (Å²) in [5.74, 6) is -0.951. The van der Waals surface area contributed by atoms with Crippen LogP contribution >= 0.6 is 0 Å². The molecule has 0 radical (unpaired) electrons. The molecule has 8 aromatic rings. The number of nitrogens with zero attached hydrogens (tertiary/aromatic N) is 10. The quantitative estimate of drug-likeness (QED) is 0.110. The summed E-state index contributed by atoms with van der Waals surface area (Å²) in [6, 6.07) is 13.3. The van der Waals surface area contributed by atoms with Crippen LogP contribution in [0.5, 0.6) is 0 Å². The second kappa shape index (κ2) is 21.7. The first kappa shape index (κ1) is 54.1. The van der Waals surface area contributed by atoms with E-state index in [2.05, 4.69) is 50.6 Å². The largest absolute Gasteiger partial charge is 0.435 e. The van der Waals surface area contributed by atoms with Gasteiger partial charge in [0.1, 0.15) is 28.7 Å². The summed E-state index contributed by atoms with van der Waals surface area (Å²) < 4.78 is 91.6. The number of pyridine rings is 3. The molecule has 6 fully saturated rings. The highest BCUT2D eigenvalue weighted by Crippen LogP contribution is 2.64. The molecule has 0 unspecified atom stereocenters. The summed E-state index contributed by atoms with van der Waals surface area (Å²) in [5, 5.41) is 14.3. The smallest absolute Gasteiger partial charge is 0.293 e. The number of fused-ring (bicyclic) bond motifs is 2. The Morgan fingerprint density at radius 3 is 1.95 bits per heavy atom. The minimum absolute atomic E-state index is 0.0216. The van der Waals surface area contributed by atoms with Gasteiger partial charge in [-0.15, -0.1) is 5.10 Å². The third kappa shape index (κ3) is 10.1. The van der Waals surface area contributed by atoms with Gasteiger partial charge in [0, 0.05) is 55.5 Å². The first-order chi connectivity index (χ1) is 38.6. The molecule has 2 aromatic carbocycles. The van der Waals surface area contributed by atoms with Gasteiger partial charge in [-0.1, -0.05) is 20.8 Å². The van der Waals surface area contributed by atoms with Crippen LogP contribution < -0.4 is 20.4 Å². The molecular formula is C58H61F5N12O5. The number of ether oxygens (including phenoxy) is 2. The van der Waals surface area contributed by atoms with Crippen molar-refractivity contribution in [1.29, 1.82) is 0 Å². The van der Waals surface area contributed by atoms with Gasteiger partial charge in [-0.2, -0.15) is 9.61 Å². The van der Waals surface area contributed by atoms with Crippen molar-refractivity contribution < 1.29 is 45.4 Å². The normalized spacial score (nSPS) is 18.9. The number of morpholine rings is 2. The molecule has 2 amide bonds. The van der Waals surface area contributed by atoms with Crippen LogP contribution in [0.1, 0.15) is 108 Å². The van der Waals surface area contributed by atoms with Crippen molar-refractivity contribution in [2.45, 2.75) is 97.3 Å². The highest BCUT2D eigenvalue weighted by atomic mass is 19.3. The van der Waals surface area contributed by atoms with E-state index >= 15 is 4.39 Å². The summed E-state index contributed by atoms with van der Waals surface area (Å²) >= 11 is 0. The molecule has 8 heterocycles. The summed E-state index contributed by atoms with van der Waals surface area (Å²) in [7, 11) is 0. The molecule has 6 aromatic heterocycles. The second-order valence-electron chi connectivity index (χ2n) is 21.0. The molecule has 14 rings (SSSR count). The van der Waals surface area contributed by atoms with Gasteiger partial charge in [0.05, 0.1) is 61.4 Å². The van der Waals surface area contributed by atoms with Crippen LogP contribution in [0.2, 0.25) is 0 Å². The van der Waals surface area contributed by atoms with Crippen LogP contribution in [-0.2, 0) is 26.7 Å². The third-order valence-electron chi connectivity index (χ3n) is 15.8. The number of hydrogen-bond donors (Lipinski definition) is 2. The predicted octanol–water partition coefficient (Wildman–Crippen LogP) is 10.6. The lowest BCUT2D eigenvalue weighted by molar-refractivity contribution is -0.0309. The van der Waals surface area contributed by atoms with E-state index in [4.69, 9.17) is 13.9 Å². The Hall–Kier alpha value is -7.85. The van der Waals surface area contributed by atoms with E-state index in [9.17, 15) is 27.2 Å². The monoisotopic (exact) mass is 1100 g/mol. The van der Waals surface area contributed by atoms with E-state index in [1.165, 1.54) is 18.2 Å². The number of nitrogens with one attached hydrogen (secondary N) is 2. The number of alkyl halides is 2. The minimum atomic E-state index is -2.64. The molecule has 2 aliphatic heterocycles. The molecule has 0 atom stereocenters. The maximum absolute atomic E-state index is 15.1. The van der Waals surface area contributed by atoms with Crippen LogP contribution in [0, 0.1) is 44.1 Å². The summed E-state index contributed by atoms with van der Waals surface area (Å²) in [6.45, 7) is 16.7. The summed E-state index contributed by atoms with van der Waals surface area (Å²) in [6.07, 6.45) is 5.66. The first-order valence-electron chi connectivity index (χ1n) is 27.1. The lowest BCUT2D eigenvalue weighted by Gasteiger charge is -2.61. The number of carbonyl (C=O) groups excluding carboxylic acids is 2. The van der Waals surface area contributed by atoms with Crippen LogP contribution in [0.15, 0.2) is 71.5 Å². The van der Waals surface area contributed by atoms with Crippen LogP contribution in [-0.4, -0.2) is 110 Å². The van der Waals surface area contributed by atoms with Gasteiger partial charge >= 0.3 is 0 Å². The van der Waals surface area contributed by atoms with Crippen molar-refractivity contribution in [2.75, 3.05) is 73.0 Å². The van der Waals surface area contributed by atoms with Gasteiger partial charge in [0.25, 0.3) is 18.2 Å². The van der Waals surface area contributed by atoms with E-state index < -0.39 is 41.1 Å². The van der Waals surface area contributed by atoms with Gasteiger partial charge in [-0.3, -0.25) is 14.6 Å². The van der Waals surface area contributed by atoms with Crippen LogP contribution in [0.3, 0.4) is 0 Å². The molecule has 4 aliphatic carbocycles. The second-order valence-corrected chi connectivity index (χ2v) is 21.0. The first-order valence-corrected chi connectivity index (χ1v) is 27.1. The molecule has 22 heteroatoms. The number of benzene rings is 2. The third-order valence-corrected chi connectivity index (χ3v) is 15.8. The summed E-state index contributed by atoms with van der Waals surface area (Å²) in [4.78, 5) is 47.8. The Kier molecular flexibility index (Phi) is 14.7. The highest BCUT2D eigenvalue weighted by molar-refractivity contribution is 6.05. The average molecular weight is 1100 g/mol. The van der Waals surface area contributed by atoms with Crippen molar-refractivity contribution in [3.05, 3.63) is 130 Å². The van der Waals surface area contributed by atoms with Crippen molar-refractivity contribution in [2.24, 2.45) is 5.92 Å². The number of amides is 2. The number of carbonyl (C=O) groups is 2. The van der Waals surface area contributed by atoms with Gasteiger partial charge in [0.15, 0.2) is 22.9 Å². The Labute approximate surface area is 457 Å². The van der Waals surface area contributed by atoms with Gasteiger partial charge < -0.3 is 34.3 Å². The molecular weight excluding hydrogens is 1040 g/mol. The standard InChI is InChI=1S/C29H28F2N6O2.C27H27F3N6O3.C2H6/c1-16-7-22(30)24(34-28(38)21-10-26(32-14-23(21)31)29-11-18(12-29)13-29)9-20(16)19-8-25(36-3-5-39-6-4-36)27-33-17(2)35-37(27)15-19;1-3-21-33-22-11-16(12-23(36(22)34-21)35-6-8-38-9-7-35)17-13-19(18(28)10-15(17)2)32-24(37)20-14-31-26(39-20)27(4-5-27)25(29)30;1-2/h7-10,14-15,18H,3-6,11-13H2,1-2H3,(H,34,38);10-14,25H,3-9H2,1-2H3,(H,32,37);1-2H3. The fraction of sp³-hybridized carbons (Fsp3) is 0.414. The molecule has 80 heavy (non-hydrogen) atoms. The molecule has 2 saturated heterocycles. The lowest BCUT2D eigenvalue weighted by Crippen LogP contribution is -2.55. The van der Waals surface area contributed by atoms with Gasteiger partial charge in [-0.05, 0) is 135 Å². The van der Waals surface area contributed by atoms with E-state index in [0.717, 1.165) is 90.2 Å². The number of halogens is 5. The predicted molar refractivity (Wildman–Crippen MR) is 290 cm³/mol. The average Bonchev–Trinajstić information content (AvgIpc) is 3.76. The number of hydrogen-bond acceptors (Lipinski definition) is 13. The number of oxazole rings is 1. The maximum Gasteiger partial charge on any atom is 0.293 e. The zero-order valence-corrected chi connectivity index (χ0v) is 45.3. The highest BCUT2D eigenvalue weighted by Gasteiger charge is 2.58. The summed E-state index contributed by atoms with van der Waals surface area (Å²) in [5.41, 5.74) is 5.71. The Balaban J connectivity index is 0.000000164. The molecule has 2 bridgehead atoms. The lowest BCUT2D eigenvalue weighted by atomic mass is 9.43. The van der Waals surface area contributed by atoms with Gasteiger partial charge in [-0.25, -0.2) is 41.4 Å². The van der Waals surface area contributed by atoms with Crippen molar-refractivity contribution in [3.8, 4) is 22.3 Å². The zero-order valence-electron chi connectivity index (χ0n) is 45.3. The van der Waals surface area contributed by atoms with Crippen molar-refractivity contribution in [1.82, 2.24) is 39.2 Å². The number of rotatable bonds is 12. The molecule has 418 valence electrons. The van der Waals surface area contributed by atoms with Crippen molar-refractivity contribution >= 4 is 46.0 Å². The van der Waals surface area contributed by atoms with E-state index in [0.29, 0.717) is 79.9 Å².